The third-order valence-corrected chi connectivity index (χ3v) is 5.11. The molecule has 1 saturated heterocycles. The summed E-state index contributed by atoms with van der Waals surface area (Å²) in [6.07, 6.45) is 3.04. The molecule has 8 heteroatoms. The molecule has 0 radical (unpaired) electrons. The highest BCUT2D eigenvalue weighted by Crippen LogP contribution is 2.19. The Morgan fingerprint density at radius 3 is 2.83 bits per heavy atom. The lowest BCUT2D eigenvalue weighted by Crippen LogP contribution is -2.28. The number of hydrogen-bond donors (Lipinski definition) is 2. The molecule has 0 saturated carbocycles. The van der Waals surface area contributed by atoms with Crippen molar-refractivity contribution in [2.24, 2.45) is 16.6 Å². The van der Waals surface area contributed by atoms with Crippen molar-refractivity contribution < 1.29 is 8.42 Å². The van der Waals surface area contributed by atoms with E-state index in [-0.39, 0.29) is 29.9 Å². The molecule has 0 spiro atoms. The fraction of sp³-hybridized carbons (Fsp3) is 0.533. The summed E-state index contributed by atoms with van der Waals surface area (Å²) in [6.45, 7) is 3.74. The van der Waals surface area contributed by atoms with E-state index in [1.54, 1.807) is 0 Å². The number of benzene rings is 1. The molecule has 0 amide bonds. The lowest BCUT2D eigenvalue weighted by atomic mass is 10.1. The zero-order chi connectivity index (χ0) is 16.2. The van der Waals surface area contributed by atoms with Crippen molar-refractivity contribution >= 4 is 45.6 Å². The number of nitrogens with two attached hydrogens (primary N) is 1. The van der Waals surface area contributed by atoms with E-state index < -0.39 is 10.0 Å². The molecule has 2 rings (SSSR count). The van der Waals surface area contributed by atoms with Crippen molar-refractivity contribution in [3.8, 4) is 0 Å². The van der Waals surface area contributed by atoms with E-state index >= 15 is 0 Å². The van der Waals surface area contributed by atoms with Crippen molar-refractivity contribution in [3.05, 3.63) is 29.8 Å². The number of rotatable bonds is 5. The Bertz CT molecular complexity index is 649. The van der Waals surface area contributed by atoms with Crippen LogP contribution in [-0.4, -0.2) is 44.6 Å². The number of aliphatic imine (C=N–C) groups is 1. The molecule has 1 unspecified atom stereocenters. The van der Waals surface area contributed by atoms with Gasteiger partial charge in [0.05, 0.1) is 6.26 Å². The molecule has 0 aromatic heterocycles. The summed E-state index contributed by atoms with van der Waals surface area (Å²) in [7, 11) is -3.09. The van der Waals surface area contributed by atoms with Crippen LogP contribution >= 0.6 is 24.0 Å². The number of hydrogen-bond acceptors (Lipinski definition) is 3. The van der Waals surface area contributed by atoms with Crippen molar-refractivity contribution in [1.82, 2.24) is 4.31 Å². The van der Waals surface area contributed by atoms with Gasteiger partial charge in [-0.2, -0.15) is 0 Å². The Morgan fingerprint density at radius 1 is 1.48 bits per heavy atom. The van der Waals surface area contributed by atoms with E-state index in [0.717, 1.165) is 18.5 Å². The predicted molar refractivity (Wildman–Crippen MR) is 106 cm³/mol. The predicted octanol–water partition coefficient (Wildman–Crippen LogP) is 1.88. The second kappa shape index (κ2) is 8.84. The molecule has 23 heavy (non-hydrogen) atoms. The number of halogens is 1. The van der Waals surface area contributed by atoms with E-state index in [1.807, 2.05) is 18.2 Å². The molecule has 130 valence electrons. The lowest BCUT2D eigenvalue weighted by molar-refractivity contribution is 0.464. The van der Waals surface area contributed by atoms with Gasteiger partial charge in [-0.25, -0.2) is 12.7 Å². The molecule has 1 aromatic rings. The van der Waals surface area contributed by atoms with Crippen LogP contribution < -0.4 is 11.1 Å². The molecule has 1 heterocycles. The van der Waals surface area contributed by atoms with Crippen LogP contribution in [0.25, 0.3) is 0 Å². The summed E-state index contributed by atoms with van der Waals surface area (Å²) in [6, 6.07) is 8.04. The first-order valence-corrected chi connectivity index (χ1v) is 9.34. The Hall–Kier alpha value is -0.870. The van der Waals surface area contributed by atoms with E-state index in [9.17, 15) is 8.42 Å². The van der Waals surface area contributed by atoms with Crippen molar-refractivity contribution in [2.75, 3.05) is 31.2 Å². The van der Waals surface area contributed by atoms with Crippen LogP contribution in [0.5, 0.6) is 0 Å². The molecule has 1 aromatic carbocycles. The van der Waals surface area contributed by atoms with E-state index in [1.165, 1.54) is 16.1 Å². The molecule has 0 bridgehead atoms. The largest absolute Gasteiger partial charge is 0.370 e. The quantitative estimate of drug-likeness (QED) is 0.406. The van der Waals surface area contributed by atoms with Crippen LogP contribution in [0.2, 0.25) is 0 Å². The van der Waals surface area contributed by atoms with Gasteiger partial charge < -0.3 is 11.1 Å². The van der Waals surface area contributed by atoms with E-state index in [2.05, 4.69) is 23.3 Å². The highest BCUT2D eigenvalue weighted by Gasteiger charge is 2.28. The molecule has 6 nitrogen and oxygen atoms in total. The zero-order valence-corrected chi connectivity index (χ0v) is 16.7. The van der Waals surface area contributed by atoms with Crippen LogP contribution in [-0.2, 0) is 16.4 Å². The van der Waals surface area contributed by atoms with Crippen molar-refractivity contribution in [1.29, 1.82) is 0 Å². The summed E-state index contributed by atoms with van der Waals surface area (Å²) in [5.74, 6) is 0.600. The smallest absolute Gasteiger partial charge is 0.211 e. The van der Waals surface area contributed by atoms with Gasteiger partial charge in [0.2, 0.25) is 10.0 Å². The SMILES string of the molecule is CCc1cccc(NC(N)=NCC2CCN(S(C)(=O)=O)C2)c1.I. The monoisotopic (exact) mass is 452 g/mol. The standard InChI is InChI=1S/C15H24N4O2S.HI/c1-3-12-5-4-6-14(9-12)18-15(16)17-10-13-7-8-19(11-13)22(2,20)21;/h4-6,9,13H,3,7-8,10-11H2,1-2H3,(H3,16,17,18);1H. The molecule has 3 N–H and O–H groups in total. The minimum Gasteiger partial charge on any atom is -0.370 e. The van der Waals surface area contributed by atoms with Crippen LogP contribution in [0.15, 0.2) is 29.3 Å². The van der Waals surface area contributed by atoms with Gasteiger partial charge in [0.25, 0.3) is 0 Å². The molecule has 1 aliphatic heterocycles. The van der Waals surface area contributed by atoms with Gasteiger partial charge in [-0.1, -0.05) is 19.1 Å². The third-order valence-electron chi connectivity index (χ3n) is 3.85. The molecule has 1 aliphatic rings. The summed E-state index contributed by atoms with van der Waals surface area (Å²) in [5.41, 5.74) is 8.06. The first kappa shape index (κ1) is 20.2. The summed E-state index contributed by atoms with van der Waals surface area (Å²) >= 11 is 0. The number of sulfonamides is 1. The fourth-order valence-corrected chi connectivity index (χ4v) is 3.45. The third kappa shape index (κ3) is 6.27. The summed E-state index contributed by atoms with van der Waals surface area (Å²) < 4.78 is 24.4. The maximum absolute atomic E-state index is 11.5. The minimum absolute atomic E-state index is 0. The maximum Gasteiger partial charge on any atom is 0.211 e. The lowest BCUT2D eigenvalue weighted by Gasteiger charge is -2.12. The summed E-state index contributed by atoms with van der Waals surface area (Å²) in [4.78, 5) is 4.34. The Labute approximate surface area is 155 Å². The molecule has 1 atom stereocenters. The normalized spacial score (nSPS) is 19.4. The molecule has 1 fully saturated rings. The first-order valence-electron chi connectivity index (χ1n) is 7.49. The zero-order valence-electron chi connectivity index (χ0n) is 13.5. The topological polar surface area (TPSA) is 87.8 Å². The van der Waals surface area contributed by atoms with Crippen LogP contribution in [0.3, 0.4) is 0 Å². The summed E-state index contributed by atoms with van der Waals surface area (Å²) in [5, 5.41) is 3.08. The Kier molecular flexibility index (Phi) is 7.75. The molecule has 0 aliphatic carbocycles. The van der Waals surface area contributed by atoms with Gasteiger partial charge in [0, 0.05) is 25.3 Å². The van der Waals surface area contributed by atoms with Gasteiger partial charge in [0.15, 0.2) is 5.96 Å². The Morgan fingerprint density at radius 2 is 2.22 bits per heavy atom. The molecular formula is C15H25IN4O2S. The molecular weight excluding hydrogens is 427 g/mol. The average Bonchev–Trinajstić information content (AvgIpc) is 2.94. The maximum atomic E-state index is 11.5. The van der Waals surface area contributed by atoms with Crippen molar-refractivity contribution in [3.63, 3.8) is 0 Å². The van der Waals surface area contributed by atoms with Crippen LogP contribution in [0.1, 0.15) is 18.9 Å². The number of aryl methyl sites for hydroxylation is 1. The second-order valence-corrected chi connectivity index (χ2v) is 7.66. The Balaban J connectivity index is 0.00000264. The highest BCUT2D eigenvalue weighted by molar-refractivity contribution is 14.0. The minimum atomic E-state index is -3.09. The number of nitrogens with zero attached hydrogens (tertiary/aromatic N) is 2. The highest BCUT2D eigenvalue weighted by atomic mass is 127. The van der Waals surface area contributed by atoms with Crippen LogP contribution in [0.4, 0.5) is 5.69 Å². The average molecular weight is 452 g/mol. The first-order chi connectivity index (χ1) is 10.4. The fourth-order valence-electron chi connectivity index (χ4n) is 2.53. The second-order valence-electron chi connectivity index (χ2n) is 5.68. The number of anilines is 1. The van der Waals surface area contributed by atoms with E-state index in [0.29, 0.717) is 25.6 Å². The van der Waals surface area contributed by atoms with E-state index in [4.69, 9.17) is 5.73 Å². The van der Waals surface area contributed by atoms with Gasteiger partial charge in [-0.3, -0.25) is 4.99 Å². The van der Waals surface area contributed by atoms with Gasteiger partial charge in [-0.15, -0.1) is 24.0 Å². The van der Waals surface area contributed by atoms with Gasteiger partial charge in [-0.05, 0) is 36.5 Å². The van der Waals surface area contributed by atoms with Gasteiger partial charge in [0.1, 0.15) is 0 Å². The van der Waals surface area contributed by atoms with Gasteiger partial charge >= 0.3 is 0 Å². The number of nitrogens with one attached hydrogen (secondary N) is 1. The van der Waals surface area contributed by atoms with Crippen LogP contribution in [0, 0.1) is 5.92 Å². The van der Waals surface area contributed by atoms with Crippen molar-refractivity contribution in [2.45, 2.75) is 19.8 Å². The number of guanidine groups is 1.